The first-order chi connectivity index (χ1) is 9.04. The minimum absolute atomic E-state index is 0.000676. The Kier molecular flexibility index (Phi) is 3.94. The van der Waals surface area contributed by atoms with Gasteiger partial charge in [0.15, 0.2) is 0 Å². The van der Waals surface area contributed by atoms with E-state index in [0.29, 0.717) is 18.5 Å². The van der Waals surface area contributed by atoms with E-state index in [0.717, 1.165) is 5.56 Å². The van der Waals surface area contributed by atoms with Gasteiger partial charge in [0, 0.05) is 30.9 Å². The van der Waals surface area contributed by atoms with Gasteiger partial charge in [-0.3, -0.25) is 19.7 Å². The maximum atomic E-state index is 11.9. The van der Waals surface area contributed by atoms with Crippen LogP contribution in [0.1, 0.15) is 24.8 Å². The number of hydrogen-bond acceptors (Lipinski definition) is 4. The van der Waals surface area contributed by atoms with Crippen molar-refractivity contribution in [3.05, 3.63) is 29.8 Å². The van der Waals surface area contributed by atoms with Crippen molar-refractivity contribution in [3.8, 4) is 0 Å². The first-order valence-electron chi connectivity index (χ1n) is 6.24. The molecule has 5 heteroatoms. The lowest BCUT2D eigenvalue weighted by Gasteiger charge is -2.19. The summed E-state index contributed by atoms with van der Waals surface area (Å²) in [7, 11) is 0. The van der Waals surface area contributed by atoms with Crippen LogP contribution in [-0.4, -0.2) is 17.6 Å². The Morgan fingerprint density at radius 3 is 2.58 bits per heavy atom. The Labute approximate surface area is 111 Å². The van der Waals surface area contributed by atoms with E-state index < -0.39 is 0 Å². The molecule has 1 unspecified atom stereocenters. The lowest BCUT2D eigenvalue weighted by atomic mass is 9.91. The van der Waals surface area contributed by atoms with Gasteiger partial charge in [-0.1, -0.05) is 12.1 Å². The van der Waals surface area contributed by atoms with E-state index in [4.69, 9.17) is 5.73 Å². The second kappa shape index (κ2) is 5.65. The van der Waals surface area contributed by atoms with Crippen LogP contribution >= 0.6 is 0 Å². The second-order valence-corrected chi connectivity index (χ2v) is 4.81. The summed E-state index contributed by atoms with van der Waals surface area (Å²) in [5, 5.41) is 2.26. The van der Waals surface area contributed by atoms with Gasteiger partial charge in [0.05, 0.1) is 0 Å². The van der Waals surface area contributed by atoms with Gasteiger partial charge in [0.25, 0.3) is 0 Å². The van der Waals surface area contributed by atoms with Crippen LogP contribution in [0.5, 0.6) is 0 Å². The summed E-state index contributed by atoms with van der Waals surface area (Å²) in [6.45, 7) is 0. The van der Waals surface area contributed by atoms with Gasteiger partial charge in [-0.25, -0.2) is 0 Å². The van der Waals surface area contributed by atoms with Crippen molar-refractivity contribution >= 4 is 23.3 Å². The molecule has 0 aliphatic carbocycles. The molecule has 2 rings (SSSR count). The highest BCUT2D eigenvalue weighted by atomic mass is 16.2. The molecule has 0 radical (unpaired) electrons. The molecular formula is C14H16N2O3. The third kappa shape index (κ3) is 3.64. The quantitative estimate of drug-likeness (QED) is 0.619. The number of amides is 2. The molecule has 0 saturated carbocycles. The number of hydrogen-bond donors (Lipinski definition) is 2. The second-order valence-electron chi connectivity index (χ2n) is 4.81. The van der Waals surface area contributed by atoms with Crippen molar-refractivity contribution in [2.45, 2.75) is 25.7 Å². The third-order valence-corrected chi connectivity index (χ3v) is 3.21. The molecular weight excluding hydrogens is 244 g/mol. The number of carbonyl (C=O) groups is 3. The van der Waals surface area contributed by atoms with E-state index in [-0.39, 0.29) is 36.4 Å². The predicted molar refractivity (Wildman–Crippen MR) is 70.1 cm³/mol. The Bertz CT molecular complexity index is 508. The first kappa shape index (κ1) is 13.3. The molecule has 1 aliphatic heterocycles. The maximum absolute atomic E-state index is 11.9. The zero-order chi connectivity index (χ0) is 13.8. The van der Waals surface area contributed by atoms with Crippen LogP contribution < -0.4 is 11.1 Å². The van der Waals surface area contributed by atoms with E-state index in [1.165, 1.54) is 0 Å². The molecule has 0 spiro atoms. The molecule has 0 bridgehead atoms. The zero-order valence-corrected chi connectivity index (χ0v) is 10.5. The van der Waals surface area contributed by atoms with Crippen LogP contribution in [-0.2, 0) is 20.8 Å². The molecule has 1 aromatic rings. The number of benzene rings is 1. The molecule has 2 amide bonds. The standard InChI is InChI=1S/C14H16N2O3/c15-11-4-1-9(2-5-11)7-12(17)8-10-3-6-13(18)16-14(10)19/h1-2,4-5,10H,3,6-8,15H2,(H,16,18,19). The SMILES string of the molecule is Nc1ccc(CC(=O)CC2CCC(=O)NC2=O)cc1. The van der Waals surface area contributed by atoms with Crippen molar-refractivity contribution in [3.63, 3.8) is 0 Å². The topological polar surface area (TPSA) is 89.3 Å². The zero-order valence-electron chi connectivity index (χ0n) is 10.5. The molecule has 1 heterocycles. The summed E-state index contributed by atoms with van der Waals surface area (Å²) in [5.74, 6) is -0.965. The van der Waals surface area contributed by atoms with Crippen molar-refractivity contribution in [1.29, 1.82) is 0 Å². The molecule has 0 aromatic heterocycles. The Hall–Kier alpha value is -2.17. The number of rotatable bonds is 4. The normalized spacial score (nSPS) is 19.1. The number of piperidine rings is 1. The molecule has 19 heavy (non-hydrogen) atoms. The summed E-state index contributed by atoms with van der Waals surface area (Å²) < 4.78 is 0. The average molecular weight is 260 g/mol. The number of imide groups is 1. The highest BCUT2D eigenvalue weighted by molar-refractivity contribution is 6.00. The molecule has 1 saturated heterocycles. The third-order valence-electron chi connectivity index (χ3n) is 3.21. The van der Waals surface area contributed by atoms with E-state index in [9.17, 15) is 14.4 Å². The molecule has 1 aliphatic rings. The van der Waals surface area contributed by atoms with E-state index in [1.807, 2.05) is 0 Å². The summed E-state index contributed by atoms with van der Waals surface area (Å²) in [5.41, 5.74) is 7.10. The fourth-order valence-corrected chi connectivity index (χ4v) is 2.14. The van der Waals surface area contributed by atoms with Crippen molar-refractivity contribution in [2.75, 3.05) is 5.73 Å². The number of nitrogen functional groups attached to an aromatic ring is 1. The average Bonchev–Trinajstić information content (AvgIpc) is 2.36. The first-order valence-corrected chi connectivity index (χ1v) is 6.24. The predicted octanol–water partition coefficient (Wildman–Crippen LogP) is 0.823. The largest absolute Gasteiger partial charge is 0.399 e. The molecule has 1 aromatic carbocycles. The van der Waals surface area contributed by atoms with Gasteiger partial charge in [-0.15, -0.1) is 0 Å². The van der Waals surface area contributed by atoms with Crippen molar-refractivity contribution in [2.24, 2.45) is 5.92 Å². The Morgan fingerprint density at radius 2 is 1.95 bits per heavy atom. The molecule has 1 fully saturated rings. The van der Waals surface area contributed by atoms with Crippen molar-refractivity contribution in [1.82, 2.24) is 5.32 Å². The lowest BCUT2D eigenvalue weighted by Crippen LogP contribution is -2.41. The van der Waals surface area contributed by atoms with Gasteiger partial charge >= 0.3 is 0 Å². The Balaban J connectivity index is 1.89. The minimum Gasteiger partial charge on any atom is -0.399 e. The fraction of sp³-hybridized carbons (Fsp3) is 0.357. The summed E-state index contributed by atoms with van der Waals surface area (Å²) in [6.07, 6.45) is 1.24. The maximum Gasteiger partial charge on any atom is 0.230 e. The van der Waals surface area contributed by atoms with Gasteiger partial charge < -0.3 is 5.73 Å². The van der Waals surface area contributed by atoms with Gasteiger partial charge in [0.2, 0.25) is 11.8 Å². The van der Waals surface area contributed by atoms with Gasteiger partial charge in [-0.2, -0.15) is 0 Å². The highest BCUT2D eigenvalue weighted by Crippen LogP contribution is 2.18. The molecule has 5 nitrogen and oxygen atoms in total. The number of Topliss-reactive ketones (excluding diaryl/α,β-unsaturated/α-hetero) is 1. The summed E-state index contributed by atoms with van der Waals surface area (Å²) in [4.78, 5) is 34.4. The van der Waals surface area contributed by atoms with Crippen LogP contribution in [0, 0.1) is 5.92 Å². The number of nitrogens with one attached hydrogen (secondary N) is 1. The van der Waals surface area contributed by atoms with Crippen molar-refractivity contribution < 1.29 is 14.4 Å². The van der Waals surface area contributed by atoms with Crippen LogP contribution in [0.3, 0.4) is 0 Å². The number of nitrogens with two attached hydrogens (primary N) is 1. The van der Waals surface area contributed by atoms with Crippen LogP contribution in [0.4, 0.5) is 5.69 Å². The smallest absolute Gasteiger partial charge is 0.230 e. The molecule has 1 atom stereocenters. The Morgan fingerprint density at radius 1 is 1.26 bits per heavy atom. The van der Waals surface area contributed by atoms with Gasteiger partial charge in [-0.05, 0) is 24.1 Å². The number of ketones is 1. The monoisotopic (exact) mass is 260 g/mol. The minimum atomic E-state index is -0.376. The molecule has 100 valence electrons. The van der Waals surface area contributed by atoms with Crippen LogP contribution in [0.15, 0.2) is 24.3 Å². The van der Waals surface area contributed by atoms with Crippen LogP contribution in [0.25, 0.3) is 0 Å². The number of anilines is 1. The number of carbonyl (C=O) groups excluding carboxylic acids is 3. The molecule has 3 N–H and O–H groups in total. The van der Waals surface area contributed by atoms with E-state index in [1.54, 1.807) is 24.3 Å². The van der Waals surface area contributed by atoms with E-state index >= 15 is 0 Å². The van der Waals surface area contributed by atoms with E-state index in [2.05, 4.69) is 5.32 Å². The summed E-state index contributed by atoms with van der Waals surface area (Å²) in [6, 6.07) is 7.10. The highest BCUT2D eigenvalue weighted by Gasteiger charge is 2.28. The fourth-order valence-electron chi connectivity index (χ4n) is 2.14. The lowest BCUT2D eigenvalue weighted by molar-refractivity contribution is -0.138. The summed E-state index contributed by atoms with van der Waals surface area (Å²) >= 11 is 0. The van der Waals surface area contributed by atoms with Crippen LogP contribution in [0.2, 0.25) is 0 Å². The van der Waals surface area contributed by atoms with Gasteiger partial charge in [0.1, 0.15) is 5.78 Å².